The van der Waals surface area contributed by atoms with Crippen molar-refractivity contribution in [3.05, 3.63) is 35.5 Å². The summed E-state index contributed by atoms with van der Waals surface area (Å²) in [7, 11) is 0. The van der Waals surface area contributed by atoms with Crippen LogP contribution in [0.2, 0.25) is 0 Å². The van der Waals surface area contributed by atoms with Crippen molar-refractivity contribution in [1.82, 2.24) is 4.98 Å². The monoisotopic (exact) mass is 261 g/mol. The van der Waals surface area contributed by atoms with E-state index in [1.807, 2.05) is 6.92 Å². The molecule has 0 radical (unpaired) electrons. The van der Waals surface area contributed by atoms with Crippen LogP contribution in [-0.4, -0.2) is 23.0 Å². The minimum atomic E-state index is 0.212. The molecule has 0 aliphatic heterocycles. The van der Waals surface area contributed by atoms with E-state index in [9.17, 15) is 0 Å². The number of aromatic nitrogens is 1. The fourth-order valence-corrected chi connectivity index (χ4v) is 2.54. The molecule has 0 aliphatic carbocycles. The molecule has 0 unspecified atom stereocenters. The zero-order valence-corrected chi connectivity index (χ0v) is 11.9. The Balaban J connectivity index is 2.45. The molecule has 96 valence electrons. The van der Waals surface area contributed by atoms with Gasteiger partial charge in [-0.25, -0.2) is 0 Å². The van der Waals surface area contributed by atoms with Gasteiger partial charge in [0.15, 0.2) is 0 Å². The number of nitrogens with zero attached hydrogens (tertiary/aromatic N) is 1. The predicted molar refractivity (Wildman–Crippen MR) is 78.2 cm³/mol. The summed E-state index contributed by atoms with van der Waals surface area (Å²) in [5.41, 5.74) is 3.38. The van der Waals surface area contributed by atoms with E-state index in [2.05, 4.69) is 37.4 Å². The predicted octanol–water partition coefficient (Wildman–Crippen LogP) is 3.44. The van der Waals surface area contributed by atoms with Gasteiger partial charge < -0.3 is 5.11 Å². The fourth-order valence-electron chi connectivity index (χ4n) is 2.11. The summed E-state index contributed by atoms with van der Waals surface area (Å²) < 4.78 is 0. The number of rotatable bonds is 4. The summed E-state index contributed by atoms with van der Waals surface area (Å²) in [4.78, 5) is 5.95. The Morgan fingerprint density at radius 1 is 1.33 bits per heavy atom. The van der Waals surface area contributed by atoms with Crippen LogP contribution in [0.25, 0.3) is 10.9 Å². The highest BCUT2D eigenvalue weighted by Gasteiger charge is 2.07. The lowest BCUT2D eigenvalue weighted by Gasteiger charge is -2.10. The van der Waals surface area contributed by atoms with Gasteiger partial charge in [0.1, 0.15) is 0 Å². The summed E-state index contributed by atoms with van der Waals surface area (Å²) in [6.45, 7) is 4.37. The lowest BCUT2D eigenvalue weighted by Crippen LogP contribution is -2.06. The Kier molecular flexibility index (Phi) is 4.25. The van der Waals surface area contributed by atoms with Crippen molar-refractivity contribution in [3.8, 4) is 0 Å². The second kappa shape index (κ2) is 5.72. The molecule has 0 fully saturated rings. The van der Waals surface area contributed by atoms with Crippen molar-refractivity contribution in [2.24, 2.45) is 5.92 Å². The van der Waals surface area contributed by atoms with Gasteiger partial charge in [0.05, 0.1) is 5.52 Å². The smallest absolute Gasteiger partial charge is 0.0719 e. The Morgan fingerprint density at radius 2 is 2.11 bits per heavy atom. The number of thioether (sulfide) groups is 1. The molecule has 1 aromatic carbocycles. The molecule has 2 rings (SSSR count). The topological polar surface area (TPSA) is 33.1 Å². The van der Waals surface area contributed by atoms with E-state index < -0.39 is 0 Å². The molecule has 0 bridgehead atoms. The quantitative estimate of drug-likeness (QED) is 0.856. The second-order valence-corrected chi connectivity index (χ2v) is 5.69. The average molecular weight is 261 g/mol. The number of benzene rings is 1. The molecule has 2 aromatic rings. The summed E-state index contributed by atoms with van der Waals surface area (Å²) in [5.74, 6) is 0.262. The normalized spacial score (nSPS) is 12.9. The third-order valence-corrected chi connectivity index (χ3v) is 3.87. The Labute approximate surface area is 112 Å². The van der Waals surface area contributed by atoms with Crippen molar-refractivity contribution >= 4 is 22.7 Å². The fraction of sp³-hybridized carbons (Fsp3) is 0.400. The first-order valence-electron chi connectivity index (χ1n) is 6.19. The maximum atomic E-state index is 9.13. The molecule has 2 nitrogen and oxygen atoms in total. The van der Waals surface area contributed by atoms with Gasteiger partial charge in [0.2, 0.25) is 0 Å². The molecule has 0 saturated carbocycles. The SMILES string of the molecule is CSc1ccc2c(C)cc(C[C@@H](C)CO)nc2c1. The second-order valence-electron chi connectivity index (χ2n) is 4.81. The standard InChI is InChI=1S/C15H19NOS/c1-10(9-17)6-12-7-11(2)14-5-4-13(18-3)8-15(14)16-12/h4-5,7-8,10,17H,6,9H2,1-3H3/t10-/m1/s1. The van der Waals surface area contributed by atoms with Gasteiger partial charge in [-0.2, -0.15) is 0 Å². The first-order valence-corrected chi connectivity index (χ1v) is 7.41. The molecule has 0 spiro atoms. The van der Waals surface area contributed by atoms with Gasteiger partial charge in [-0.3, -0.25) is 4.98 Å². The summed E-state index contributed by atoms with van der Waals surface area (Å²) in [6.07, 6.45) is 2.91. The molecule has 1 aromatic heterocycles. The number of hydrogen-bond donors (Lipinski definition) is 1. The molecule has 1 atom stereocenters. The van der Waals surface area contributed by atoms with Crippen LogP contribution in [0.3, 0.4) is 0 Å². The molecular formula is C15H19NOS. The van der Waals surface area contributed by atoms with Gasteiger partial charge in [-0.15, -0.1) is 11.8 Å². The van der Waals surface area contributed by atoms with Crippen LogP contribution in [0.1, 0.15) is 18.2 Å². The maximum Gasteiger partial charge on any atom is 0.0719 e. The Morgan fingerprint density at radius 3 is 2.78 bits per heavy atom. The number of fused-ring (bicyclic) bond motifs is 1. The minimum Gasteiger partial charge on any atom is -0.396 e. The third kappa shape index (κ3) is 2.85. The van der Waals surface area contributed by atoms with Gasteiger partial charge in [0.25, 0.3) is 0 Å². The molecule has 3 heteroatoms. The third-order valence-electron chi connectivity index (χ3n) is 3.15. The molecule has 0 amide bonds. The lowest BCUT2D eigenvalue weighted by atomic mass is 10.0. The van der Waals surface area contributed by atoms with Gasteiger partial charge >= 0.3 is 0 Å². The first kappa shape index (κ1) is 13.4. The molecule has 1 heterocycles. The van der Waals surface area contributed by atoms with Crippen molar-refractivity contribution in [2.75, 3.05) is 12.9 Å². The number of aliphatic hydroxyl groups excluding tert-OH is 1. The molecular weight excluding hydrogens is 242 g/mol. The van der Waals surface area contributed by atoms with E-state index in [1.165, 1.54) is 15.8 Å². The number of pyridine rings is 1. The van der Waals surface area contributed by atoms with Crippen LogP contribution in [0.15, 0.2) is 29.2 Å². The highest BCUT2D eigenvalue weighted by molar-refractivity contribution is 7.98. The van der Waals surface area contributed by atoms with Crippen LogP contribution in [-0.2, 0) is 6.42 Å². The van der Waals surface area contributed by atoms with Gasteiger partial charge in [-0.1, -0.05) is 13.0 Å². The van der Waals surface area contributed by atoms with E-state index >= 15 is 0 Å². The Hall–Kier alpha value is -1.06. The number of aryl methyl sites for hydroxylation is 1. The summed E-state index contributed by atoms with van der Waals surface area (Å²) in [5, 5.41) is 10.3. The lowest BCUT2D eigenvalue weighted by molar-refractivity contribution is 0.236. The van der Waals surface area contributed by atoms with E-state index in [-0.39, 0.29) is 12.5 Å². The molecule has 1 N–H and O–H groups in total. The Bertz CT molecular complexity index is 553. The van der Waals surface area contributed by atoms with E-state index in [0.29, 0.717) is 0 Å². The van der Waals surface area contributed by atoms with Gasteiger partial charge in [0, 0.05) is 22.6 Å². The average Bonchev–Trinajstić information content (AvgIpc) is 2.37. The van der Waals surface area contributed by atoms with Crippen LogP contribution in [0, 0.1) is 12.8 Å². The first-order chi connectivity index (χ1) is 8.63. The molecule has 0 aliphatic rings. The number of hydrogen-bond acceptors (Lipinski definition) is 3. The van der Waals surface area contributed by atoms with Crippen molar-refractivity contribution in [3.63, 3.8) is 0 Å². The van der Waals surface area contributed by atoms with Crippen LogP contribution in [0.5, 0.6) is 0 Å². The molecule has 18 heavy (non-hydrogen) atoms. The highest BCUT2D eigenvalue weighted by Crippen LogP contribution is 2.24. The summed E-state index contributed by atoms with van der Waals surface area (Å²) in [6, 6.07) is 8.55. The van der Waals surface area contributed by atoms with Crippen molar-refractivity contribution in [2.45, 2.75) is 25.2 Å². The maximum absolute atomic E-state index is 9.13. The van der Waals surface area contributed by atoms with E-state index in [4.69, 9.17) is 10.1 Å². The van der Waals surface area contributed by atoms with Crippen molar-refractivity contribution in [1.29, 1.82) is 0 Å². The van der Waals surface area contributed by atoms with E-state index in [0.717, 1.165) is 17.6 Å². The van der Waals surface area contributed by atoms with Crippen LogP contribution in [0.4, 0.5) is 0 Å². The number of aliphatic hydroxyl groups is 1. The zero-order valence-electron chi connectivity index (χ0n) is 11.1. The van der Waals surface area contributed by atoms with E-state index in [1.54, 1.807) is 11.8 Å². The van der Waals surface area contributed by atoms with Gasteiger partial charge in [-0.05, 0) is 49.3 Å². The minimum absolute atomic E-state index is 0.212. The highest BCUT2D eigenvalue weighted by atomic mass is 32.2. The molecule has 0 saturated heterocycles. The zero-order chi connectivity index (χ0) is 13.1. The summed E-state index contributed by atoms with van der Waals surface area (Å²) >= 11 is 1.73. The van der Waals surface area contributed by atoms with Crippen LogP contribution < -0.4 is 0 Å². The van der Waals surface area contributed by atoms with Crippen LogP contribution >= 0.6 is 11.8 Å². The largest absolute Gasteiger partial charge is 0.396 e. The van der Waals surface area contributed by atoms with Crippen molar-refractivity contribution < 1.29 is 5.11 Å².